The van der Waals surface area contributed by atoms with Crippen molar-refractivity contribution in [2.24, 2.45) is 5.92 Å². The van der Waals surface area contributed by atoms with E-state index in [0.717, 1.165) is 18.9 Å². The van der Waals surface area contributed by atoms with Crippen LogP contribution in [0.5, 0.6) is 0 Å². The number of amides is 1. The van der Waals surface area contributed by atoms with E-state index in [9.17, 15) is 27.9 Å². The largest absolute Gasteiger partial charge is 0.481 e. The number of rotatable bonds is 4. The first-order chi connectivity index (χ1) is 14.8. The number of ether oxygens (including phenoxy) is 1. The first-order valence-electron chi connectivity index (χ1n) is 10.2. The van der Waals surface area contributed by atoms with Crippen LogP contribution in [0.1, 0.15) is 40.2 Å². The molecule has 5 nitrogen and oxygen atoms in total. The van der Waals surface area contributed by atoms with Crippen molar-refractivity contribution in [1.82, 2.24) is 4.90 Å². The summed E-state index contributed by atoms with van der Waals surface area (Å²) in [6, 6.07) is 9.47. The summed E-state index contributed by atoms with van der Waals surface area (Å²) >= 11 is 0. The molecule has 8 heteroatoms. The van der Waals surface area contributed by atoms with Gasteiger partial charge in [-0.1, -0.05) is 24.3 Å². The van der Waals surface area contributed by atoms with Crippen molar-refractivity contribution >= 4 is 11.9 Å². The van der Waals surface area contributed by atoms with E-state index < -0.39 is 23.6 Å². The van der Waals surface area contributed by atoms with E-state index in [4.69, 9.17) is 4.74 Å². The van der Waals surface area contributed by atoms with Crippen molar-refractivity contribution in [3.63, 3.8) is 0 Å². The molecule has 1 amide bonds. The SMILES string of the molecule is O=C(O)C1CN(CC2CCOCC2)C(=O)c2ccc(-c3ccccc3C(F)(F)F)cc21. The van der Waals surface area contributed by atoms with Crippen molar-refractivity contribution in [1.29, 1.82) is 0 Å². The molecule has 2 aliphatic heterocycles. The Morgan fingerprint density at radius 2 is 1.81 bits per heavy atom. The number of halogens is 3. The third-order valence-electron chi connectivity index (χ3n) is 6.01. The number of nitrogens with zero attached hydrogens (tertiary/aromatic N) is 1. The average molecular weight is 433 g/mol. The molecule has 4 rings (SSSR count). The van der Waals surface area contributed by atoms with E-state index in [2.05, 4.69) is 0 Å². The van der Waals surface area contributed by atoms with Gasteiger partial charge in [-0.25, -0.2) is 0 Å². The van der Waals surface area contributed by atoms with Gasteiger partial charge in [0.1, 0.15) is 5.92 Å². The molecular formula is C23H22F3NO4. The number of carbonyl (C=O) groups is 2. The summed E-state index contributed by atoms with van der Waals surface area (Å²) in [6.07, 6.45) is -2.93. The lowest BCUT2D eigenvalue weighted by atomic mass is 9.85. The number of aliphatic carboxylic acids is 1. The Kier molecular flexibility index (Phi) is 5.75. The van der Waals surface area contributed by atoms with Gasteiger partial charge in [-0.05, 0) is 53.6 Å². The molecule has 31 heavy (non-hydrogen) atoms. The average Bonchev–Trinajstić information content (AvgIpc) is 2.75. The second kappa shape index (κ2) is 8.34. The number of hydrogen-bond donors (Lipinski definition) is 1. The Hall–Kier alpha value is -2.87. The molecule has 2 heterocycles. The minimum Gasteiger partial charge on any atom is -0.481 e. The van der Waals surface area contributed by atoms with E-state index in [1.165, 1.54) is 36.4 Å². The zero-order chi connectivity index (χ0) is 22.2. The number of carboxylic acid groups (broad SMARTS) is 1. The van der Waals surface area contributed by atoms with Gasteiger partial charge in [0.2, 0.25) is 0 Å². The first-order valence-corrected chi connectivity index (χ1v) is 10.2. The van der Waals surface area contributed by atoms with Gasteiger partial charge in [0.15, 0.2) is 0 Å². The lowest BCUT2D eigenvalue weighted by Crippen LogP contribution is -2.45. The minimum absolute atomic E-state index is 0.00287. The van der Waals surface area contributed by atoms with Crippen LogP contribution in [0.2, 0.25) is 0 Å². The van der Waals surface area contributed by atoms with Crippen molar-refractivity contribution in [2.45, 2.75) is 24.9 Å². The van der Waals surface area contributed by atoms with Crippen LogP contribution in [0.25, 0.3) is 11.1 Å². The Morgan fingerprint density at radius 1 is 1.10 bits per heavy atom. The lowest BCUT2D eigenvalue weighted by Gasteiger charge is -2.36. The monoisotopic (exact) mass is 433 g/mol. The molecule has 0 aliphatic carbocycles. The maximum absolute atomic E-state index is 13.5. The van der Waals surface area contributed by atoms with Gasteiger partial charge < -0.3 is 14.7 Å². The summed E-state index contributed by atoms with van der Waals surface area (Å²) < 4.78 is 45.7. The number of alkyl halides is 3. The highest BCUT2D eigenvalue weighted by Gasteiger charge is 2.38. The standard InChI is InChI=1S/C23H22F3NO4/c24-23(25,26)20-4-2-1-3-16(20)15-5-6-17-18(11-15)19(22(29)30)13-27(21(17)28)12-14-7-9-31-10-8-14/h1-6,11,14,19H,7-10,12-13H2,(H,29,30). The fraction of sp³-hybridized carbons (Fsp3) is 0.391. The van der Waals surface area contributed by atoms with Crippen molar-refractivity contribution in [2.75, 3.05) is 26.3 Å². The molecule has 0 radical (unpaired) electrons. The van der Waals surface area contributed by atoms with Crippen LogP contribution < -0.4 is 0 Å². The Labute approximate surface area is 177 Å². The molecule has 2 aromatic carbocycles. The summed E-state index contributed by atoms with van der Waals surface area (Å²) in [4.78, 5) is 26.6. The number of hydrogen-bond acceptors (Lipinski definition) is 3. The molecule has 1 N–H and O–H groups in total. The number of benzene rings is 2. The van der Waals surface area contributed by atoms with Crippen LogP contribution in [-0.2, 0) is 15.7 Å². The van der Waals surface area contributed by atoms with E-state index in [1.54, 1.807) is 4.90 Å². The van der Waals surface area contributed by atoms with Gasteiger partial charge in [0, 0.05) is 31.9 Å². The zero-order valence-electron chi connectivity index (χ0n) is 16.7. The molecular weight excluding hydrogens is 411 g/mol. The van der Waals surface area contributed by atoms with Crippen LogP contribution in [0, 0.1) is 5.92 Å². The topological polar surface area (TPSA) is 66.8 Å². The fourth-order valence-electron chi connectivity index (χ4n) is 4.38. The van der Waals surface area contributed by atoms with Gasteiger partial charge in [0.25, 0.3) is 5.91 Å². The van der Waals surface area contributed by atoms with Gasteiger partial charge in [-0.3, -0.25) is 9.59 Å². The summed E-state index contributed by atoms with van der Waals surface area (Å²) in [6.45, 7) is 1.69. The maximum atomic E-state index is 13.5. The number of carbonyl (C=O) groups excluding carboxylic acids is 1. The summed E-state index contributed by atoms with van der Waals surface area (Å²) in [5, 5.41) is 9.80. The predicted molar refractivity (Wildman–Crippen MR) is 107 cm³/mol. The van der Waals surface area contributed by atoms with Crippen molar-refractivity contribution in [3.8, 4) is 11.1 Å². The summed E-state index contributed by atoms with van der Waals surface area (Å²) in [7, 11) is 0. The van der Waals surface area contributed by atoms with E-state index in [1.807, 2.05) is 0 Å². The molecule has 2 aromatic rings. The molecule has 0 spiro atoms. The van der Waals surface area contributed by atoms with Gasteiger partial charge in [0.05, 0.1) is 5.56 Å². The highest BCUT2D eigenvalue weighted by Crippen LogP contribution is 2.39. The Bertz CT molecular complexity index is 999. The van der Waals surface area contributed by atoms with Crippen molar-refractivity contribution in [3.05, 3.63) is 59.2 Å². The summed E-state index contributed by atoms with van der Waals surface area (Å²) in [5.41, 5.74) is -0.109. The van der Waals surface area contributed by atoms with E-state index in [-0.39, 0.29) is 40.6 Å². The predicted octanol–water partition coefficient (Wildman–Crippen LogP) is 4.42. The smallest absolute Gasteiger partial charge is 0.417 e. The molecule has 1 unspecified atom stereocenters. The molecule has 0 saturated carbocycles. The van der Waals surface area contributed by atoms with E-state index in [0.29, 0.717) is 19.8 Å². The normalized spacial score (nSPS) is 19.9. The summed E-state index contributed by atoms with van der Waals surface area (Å²) in [5.74, 6) is -2.14. The van der Waals surface area contributed by atoms with E-state index >= 15 is 0 Å². The van der Waals surface area contributed by atoms with Crippen LogP contribution in [0.15, 0.2) is 42.5 Å². The van der Waals surface area contributed by atoms with Gasteiger partial charge >= 0.3 is 12.1 Å². The zero-order valence-corrected chi connectivity index (χ0v) is 16.7. The molecule has 1 saturated heterocycles. The Morgan fingerprint density at radius 3 is 2.48 bits per heavy atom. The van der Waals surface area contributed by atoms with Gasteiger partial charge in [-0.2, -0.15) is 13.2 Å². The maximum Gasteiger partial charge on any atom is 0.417 e. The molecule has 2 aliphatic rings. The van der Waals surface area contributed by atoms with Crippen LogP contribution in [0.3, 0.4) is 0 Å². The number of carboxylic acids is 1. The third kappa shape index (κ3) is 4.30. The fourth-order valence-corrected chi connectivity index (χ4v) is 4.38. The quantitative estimate of drug-likeness (QED) is 0.775. The van der Waals surface area contributed by atoms with Crippen LogP contribution in [0.4, 0.5) is 13.2 Å². The third-order valence-corrected chi connectivity index (χ3v) is 6.01. The second-order valence-electron chi connectivity index (χ2n) is 8.00. The van der Waals surface area contributed by atoms with Crippen LogP contribution in [-0.4, -0.2) is 48.2 Å². The number of fused-ring (bicyclic) bond motifs is 1. The van der Waals surface area contributed by atoms with Gasteiger partial charge in [-0.15, -0.1) is 0 Å². The molecule has 0 bridgehead atoms. The highest BCUT2D eigenvalue weighted by atomic mass is 19.4. The van der Waals surface area contributed by atoms with Crippen molar-refractivity contribution < 1.29 is 32.6 Å². The molecule has 1 atom stereocenters. The second-order valence-corrected chi connectivity index (χ2v) is 8.00. The lowest BCUT2D eigenvalue weighted by molar-refractivity contribution is -0.139. The van der Waals surface area contributed by atoms with Crippen LogP contribution >= 0.6 is 0 Å². The molecule has 1 fully saturated rings. The first kappa shape index (κ1) is 21.4. The highest BCUT2D eigenvalue weighted by molar-refractivity contribution is 6.00. The minimum atomic E-state index is -4.55. The molecule has 164 valence electrons. The molecule has 0 aromatic heterocycles. The Balaban J connectivity index is 1.71.